The summed E-state index contributed by atoms with van der Waals surface area (Å²) in [5, 5.41) is 6.08. The van der Waals surface area contributed by atoms with Crippen molar-refractivity contribution >= 4 is 27.6 Å². The largest absolute Gasteiger partial charge is 0.383 e. The van der Waals surface area contributed by atoms with Crippen LogP contribution >= 0.6 is 11.8 Å². The summed E-state index contributed by atoms with van der Waals surface area (Å²) in [6, 6.07) is -0.0377. The average Bonchev–Trinajstić information content (AvgIpc) is 2.72. The van der Waals surface area contributed by atoms with Crippen molar-refractivity contribution in [2.24, 2.45) is 0 Å². The Morgan fingerprint density at radius 3 is 2.71 bits per heavy atom. The van der Waals surface area contributed by atoms with Gasteiger partial charge in [-0.25, -0.2) is 8.42 Å². The Kier molecular flexibility index (Phi) is 4.84. The SMILES string of the molecule is CCC(CSC)N(C)S(=O)(=O)c1cn[nH]c1N. The summed E-state index contributed by atoms with van der Waals surface area (Å²) in [6.07, 6.45) is 3.95. The lowest BCUT2D eigenvalue weighted by Gasteiger charge is -2.25. The fourth-order valence-electron chi connectivity index (χ4n) is 1.51. The van der Waals surface area contributed by atoms with Gasteiger partial charge in [-0.3, -0.25) is 5.10 Å². The van der Waals surface area contributed by atoms with Crippen LogP contribution in [0.1, 0.15) is 13.3 Å². The zero-order chi connectivity index (χ0) is 13.1. The number of nitrogens with two attached hydrogens (primary N) is 1. The van der Waals surface area contributed by atoms with Crippen LogP contribution < -0.4 is 5.73 Å². The van der Waals surface area contributed by atoms with E-state index in [1.54, 1.807) is 18.8 Å². The third-order valence-corrected chi connectivity index (χ3v) is 5.29. The van der Waals surface area contributed by atoms with Gasteiger partial charge in [0.1, 0.15) is 10.7 Å². The van der Waals surface area contributed by atoms with Gasteiger partial charge >= 0.3 is 0 Å². The maximum Gasteiger partial charge on any atom is 0.248 e. The maximum atomic E-state index is 12.3. The minimum absolute atomic E-state index is 0.0377. The van der Waals surface area contributed by atoms with Gasteiger partial charge in [0.2, 0.25) is 10.0 Å². The van der Waals surface area contributed by atoms with Gasteiger partial charge in [0.15, 0.2) is 0 Å². The molecule has 17 heavy (non-hydrogen) atoms. The highest BCUT2D eigenvalue weighted by Crippen LogP contribution is 2.22. The van der Waals surface area contributed by atoms with E-state index in [2.05, 4.69) is 10.2 Å². The normalized spacial score (nSPS) is 14.1. The van der Waals surface area contributed by atoms with Crippen LogP contribution in [0.25, 0.3) is 0 Å². The lowest BCUT2D eigenvalue weighted by atomic mass is 10.3. The van der Waals surface area contributed by atoms with Crippen molar-refractivity contribution in [1.82, 2.24) is 14.5 Å². The summed E-state index contributed by atoms with van der Waals surface area (Å²) in [5.41, 5.74) is 5.55. The van der Waals surface area contributed by atoms with Crippen LogP contribution in [0.3, 0.4) is 0 Å². The van der Waals surface area contributed by atoms with Crippen LogP contribution in [0, 0.1) is 0 Å². The molecule has 0 spiro atoms. The molecule has 0 saturated heterocycles. The van der Waals surface area contributed by atoms with E-state index < -0.39 is 10.0 Å². The Hall–Kier alpha value is -0.730. The summed E-state index contributed by atoms with van der Waals surface area (Å²) in [7, 11) is -1.98. The van der Waals surface area contributed by atoms with Crippen LogP contribution in [-0.4, -0.2) is 48.0 Å². The van der Waals surface area contributed by atoms with Gasteiger partial charge in [-0.15, -0.1) is 0 Å². The third kappa shape index (κ3) is 2.93. The molecule has 8 heteroatoms. The molecule has 3 N–H and O–H groups in total. The minimum Gasteiger partial charge on any atom is -0.383 e. The van der Waals surface area contributed by atoms with Crippen LogP contribution in [0.15, 0.2) is 11.1 Å². The summed E-state index contributed by atoms with van der Waals surface area (Å²) in [5.74, 6) is 0.833. The minimum atomic E-state index is -3.56. The smallest absolute Gasteiger partial charge is 0.248 e. The molecule has 0 bridgehead atoms. The van der Waals surface area contributed by atoms with Gasteiger partial charge in [-0.05, 0) is 12.7 Å². The first-order chi connectivity index (χ1) is 7.95. The van der Waals surface area contributed by atoms with Gasteiger partial charge < -0.3 is 5.73 Å². The van der Waals surface area contributed by atoms with Crippen molar-refractivity contribution in [2.45, 2.75) is 24.3 Å². The molecule has 0 aliphatic heterocycles. The van der Waals surface area contributed by atoms with E-state index in [1.165, 1.54) is 10.5 Å². The van der Waals surface area contributed by atoms with Gasteiger partial charge in [-0.1, -0.05) is 6.92 Å². The van der Waals surface area contributed by atoms with E-state index >= 15 is 0 Å². The second kappa shape index (κ2) is 5.74. The highest BCUT2D eigenvalue weighted by atomic mass is 32.2. The number of H-pyrrole nitrogens is 1. The molecule has 0 radical (unpaired) electrons. The Morgan fingerprint density at radius 2 is 2.29 bits per heavy atom. The van der Waals surface area contributed by atoms with Crippen molar-refractivity contribution in [3.63, 3.8) is 0 Å². The molecule has 1 atom stereocenters. The Morgan fingerprint density at radius 1 is 1.65 bits per heavy atom. The third-order valence-electron chi connectivity index (χ3n) is 2.63. The molecule has 0 aromatic carbocycles. The maximum absolute atomic E-state index is 12.3. The molecular weight excluding hydrogens is 260 g/mol. The summed E-state index contributed by atoms with van der Waals surface area (Å²) in [4.78, 5) is 0.0413. The number of nitrogens with one attached hydrogen (secondary N) is 1. The van der Waals surface area contributed by atoms with Gasteiger partial charge in [0.05, 0.1) is 6.20 Å². The number of aromatic amines is 1. The van der Waals surface area contributed by atoms with E-state index in [1.807, 2.05) is 13.2 Å². The standard InChI is InChI=1S/C9H18N4O2S2/c1-4-7(6-16-3)13(2)17(14,15)8-5-11-12-9(8)10/h5,7H,4,6H2,1-3H3,(H3,10,11,12). The van der Waals surface area contributed by atoms with Gasteiger partial charge in [-0.2, -0.15) is 21.2 Å². The number of hydrogen-bond donors (Lipinski definition) is 2. The first-order valence-electron chi connectivity index (χ1n) is 5.21. The lowest BCUT2D eigenvalue weighted by molar-refractivity contribution is 0.386. The number of hydrogen-bond acceptors (Lipinski definition) is 5. The molecular formula is C9H18N4O2S2. The molecule has 0 amide bonds. The quantitative estimate of drug-likeness (QED) is 0.801. The molecule has 0 saturated carbocycles. The second-order valence-electron chi connectivity index (χ2n) is 3.69. The number of thioether (sulfide) groups is 1. The molecule has 1 aromatic heterocycles. The first kappa shape index (κ1) is 14.3. The van der Waals surface area contributed by atoms with Crippen LogP contribution in [-0.2, 0) is 10.0 Å². The first-order valence-corrected chi connectivity index (χ1v) is 8.04. The van der Waals surface area contributed by atoms with E-state index in [0.717, 1.165) is 12.2 Å². The molecule has 0 aliphatic rings. The summed E-state index contributed by atoms with van der Waals surface area (Å²) < 4.78 is 25.9. The molecule has 1 rings (SSSR count). The van der Waals surface area contributed by atoms with E-state index in [0.29, 0.717) is 0 Å². The highest BCUT2D eigenvalue weighted by molar-refractivity contribution is 7.98. The van der Waals surface area contributed by atoms with Gasteiger partial charge in [0, 0.05) is 18.8 Å². The number of aromatic nitrogens is 2. The fourth-order valence-corrected chi connectivity index (χ4v) is 3.89. The van der Waals surface area contributed by atoms with Crippen LogP contribution in [0.4, 0.5) is 5.82 Å². The highest BCUT2D eigenvalue weighted by Gasteiger charge is 2.29. The molecule has 1 heterocycles. The number of nitrogens with zero attached hydrogens (tertiary/aromatic N) is 2. The average molecular weight is 278 g/mol. The molecule has 0 fully saturated rings. The van der Waals surface area contributed by atoms with Crippen molar-refractivity contribution in [1.29, 1.82) is 0 Å². The number of anilines is 1. The molecule has 0 aliphatic carbocycles. The number of nitrogen functional groups attached to an aromatic ring is 1. The Bertz CT molecular complexity index is 457. The van der Waals surface area contributed by atoms with Crippen molar-refractivity contribution in [3.8, 4) is 0 Å². The zero-order valence-corrected chi connectivity index (χ0v) is 11.8. The predicted octanol–water partition coefficient (Wildman–Crippen LogP) is 0.754. The number of sulfonamides is 1. The summed E-state index contributed by atoms with van der Waals surface area (Å²) in [6.45, 7) is 1.96. The molecule has 1 aromatic rings. The molecule has 6 nitrogen and oxygen atoms in total. The zero-order valence-electron chi connectivity index (χ0n) is 10.2. The fraction of sp³-hybridized carbons (Fsp3) is 0.667. The van der Waals surface area contributed by atoms with Crippen molar-refractivity contribution in [2.75, 3.05) is 24.8 Å². The van der Waals surface area contributed by atoms with Crippen molar-refractivity contribution < 1.29 is 8.42 Å². The lowest BCUT2D eigenvalue weighted by Crippen LogP contribution is -2.38. The van der Waals surface area contributed by atoms with Crippen LogP contribution in [0.2, 0.25) is 0 Å². The topological polar surface area (TPSA) is 92.1 Å². The monoisotopic (exact) mass is 278 g/mol. The number of rotatable bonds is 6. The van der Waals surface area contributed by atoms with E-state index in [4.69, 9.17) is 5.73 Å². The molecule has 1 unspecified atom stereocenters. The summed E-state index contributed by atoms with van der Waals surface area (Å²) >= 11 is 1.62. The molecule has 98 valence electrons. The van der Waals surface area contributed by atoms with E-state index in [-0.39, 0.29) is 16.8 Å². The van der Waals surface area contributed by atoms with Crippen LogP contribution in [0.5, 0.6) is 0 Å². The Balaban J connectivity index is 3.02. The van der Waals surface area contributed by atoms with Crippen molar-refractivity contribution in [3.05, 3.63) is 6.20 Å². The predicted molar refractivity (Wildman–Crippen MR) is 70.4 cm³/mol. The second-order valence-corrected chi connectivity index (χ2v) is 6.56. The van der Waals surface area contributed by atoms with E-state index in [9.17, 15) is 8.42 Å². The Labute approximate surface area is 106 Å². The van der Waals surface area contributed by atoms with Gasteiger partial charge in [0.25, 0.3) is 0 Å².